The third-order valence-corrected chi connectivity index (χ3v) is 7.16. The molecule has 0 radical (unpaired) electrons. The van der Waals surface area contributed by atoms with E-state index in [0.717, 1.165) is 59.0 Å². The number of anilines is 2. The van der Waals surface area contributed by atoms with Gasteiger partial charge in [-0.05, 0) is 48.2 Å². The number of fused-ring (bicyclic) bond motifs is 3. The molecule has 33 heavy (non-hydrogen) atoms. The Balaban J connectivity index is 1.45. The monoisotopic (exact) mass is 447 g/mol. The fourth-order valence-corrected chi connectivity index (χ4v) is 5.13. The van der Waals surface area contributed by atoms with Crippen molar-refractivity contribution < 1.29 is 9.13 Å². The average molecular weight is 448 g/mol. The maximum atomic E-state index is 14.5. The van der Waals surface area contributed by atoms with Crippen molar-refractivity contribution in [1.82, 2.24) is 15.0 Å². The molecule has 8 nitrogen and oxygen atoms in total. The van der Waals surface area contributed by atoms with Crippen molar-refractivity contribution in [3.05, 3.63) is 53.2 Å². The summed E-state index contributed by atoms with van der Waals surface area (Å²) >= 11 is 0. The third kappa shape index (κ3) is 3.30. The van der Waals surface area contributed by atoms with Crippen LogP contribution in [0.5, 0.6) is 11.8 Å². The number of ether oxygens (including phenoxy) is 1. The number of nitrogens with two attached hydrogens (primary N) is 2. The molecule has 5 N–H and O–H groups in total. The summed E-state index contributed by atoms with van der Waals surface area (Å²) in [6.45, 7) is 1.91. The van der Waals surface area contributed by atoms with Crippen LogP contribution in [0.4, 0.5) is 15.9 Å². The number of hydrogen-bond donors (Lipinski definition) is 3. The van der Waals surface area contributed by atoms with Gasteiger partial charge in [0.15, 0.2) is 0 Å². The first-order valence-electron chi connectivity index (χ1n) is 11.2. The second-order valence-corrected chi connectivity index (χ2v) is 9.20. The lowest BCUT2D eigenvalue weighted by atomic mass is 10.0. The van der Waals surface area contributed by atoms with Crippen molar-refractivity contribution >= 4 is 11.5 Å². The predicted molar refractivity (Wildman–Crippen MR) is 124 cm³/mol. The molecule has 2 aliphatic carbocycles. The van der Waals surface area contributed by atoms with Gasteiger partial charge in [-0.15, -0.1) is 0 Å². The van der Waals surface area contributed by atoms with Crippen LogP contribution in [0.25, 0.3) is 11.1 Å². The van der Waals surface area contributed by atoms with Gasteiger partial charge in [0.1, 0.15) is 17.4 Å². The van der Waals surface area contributed by atoms with E-state index in [-0.39, 0.29) is 23.3 Å². The van der Waals surface area contributed by atoms with Crippen molar-refractivity contribution in [2.75, 3.05) is 30.4 Å². The predicted octanol–water partition coefficient (Wildman–Crippen LogP) is 2.80. The summed E-state index contributed by atoms with van der Waals surface area (Å²) in [5.41, 5.74) is 17.4. The normalized spacial score (nSPS) is 19.5. The number of benzene rings is 1. The smallest absolute Gasteiger partial charge is 0.324 e. The molecule has 170 valence electrons. The van der Waals surface area contributed by atoms with Crippen molar-refractivity contribution in [3.63, 3.8) is 0 Å². The molecule has 1 saturated heterocycles. The number of halogens is 1. The summed E-state index contributed by atoms with van der Waals surface area (Å²) in [6.07, 6.45) is 4.46. The molecule has 9 heteroatoms. The van der Waals surface area contributed by atoms with E-state index in [1.807, 2.05) is 6.07 Å². The first kappa shape index (κ1) is 20.3. The second-order valence-electron chi connectivity index (χ2n) is 9.20. The fourth-order valence-electron chi connectivity index (χ4n) is 5.13. The zero-order chi connectivity index (χ0) is 22.7. The molecule has 3 heterocycles. The summed E-state index contributed by atoms with van der Waals surface area (Å²) in [4.78, 5) is 16.0. The number of hydrogen-bond acceptors (Lipinski definition) is 8. The molecular formula is C24H26FN7O. The molecule has 1 aliphatic heterocycles. The minimum atomic E-state index is -0.292. The van der Waals surface area contributed by atoms with E-state index in [4.69, 9.17) is 26.2 Å². The Hall–Kier alpha value is -3.30. The lowest BCUT2D eigenvalue weighted by Gasteiger charge is -2.21. The number of nitrogens with one attached hydrogen (secondary N) is 1. The van der Waals surface area contributed by atoms with Crippen molar-refractivity contribution in [1.29, 1.82) is 0 Å². The van der Waals surface area contributed by atoms with Gasteiger partial charge in [0, 0.05) is 55.8 Å². The van der Waals surface area contributed by atoms with Gasteiger partial charge in [-0.2, -0.15) is 9.97 Å². The van der Waals surface area contributed by atoms with Crippen LogP contribution in [0.2, 0.25) is 0 Å². The Labute approximate surface area is 191 Å². The Bertz CT molecular complexity index is 1240. The van der Waals surface area contributed by atoms with Crippen LogP contribution in [0.3, 0.4) is 0 Å². The van der Waals surface area contributed by atoms with E-state index in [9.17, 15) is 4.39 Å². The Morgan fingerprint density at radius 1 is 1.27 bits per heavy atom. The minimum Gasteiger partial charge on any atom is -0.423 e. The number of aromatic nitrogens is 3. The maximum absolute atomic E-state index is 14.5. The van der Waals surface area contributed by atoms with Crippen LogP contribution >= 0.6 is 0 Å². The zero-order valence-electron chi connectivity index (χ0n) is 18.4. The van der Waals surface area contributed by atoms with E-state index in [2.05, 4.69) is 15.2 Å². The van der Waals surface area contributed by atoms with E-state index >= 15 is 0 Å². The average Bonchev–Trinajstić information content (AvgIpc) is 3.40. The van der Waals surface area contributed by atoms with Gasteiger partial charge in [-0.1, -0.05) is 0 Å². The van der Waals surface area contributed by atoms with Crippen LogP contribution in [0.15, 0.2) is 30.5 Å². The first-order valence-corrected chi connectivity index (χ1v) is 11.2. The number of rotatable bonds is 5. The topological polar surface area (TPSA) is 115 Å². The highest BCUT2D eigenvalue weighted by atomic mass is 19.1. The molecular weight excluding hydrogens is 421 g/mol. The summed E-state index contributed by atoms with van der Waals surface area (Å²) in [6, 6.07) is 7.06. The van der Waals surface area contributed by atoms with Gasteiger partial charge < -0.3 is 26.4 Å². The molecule has 2 aromatic heterocycles. The summed E-state index contributed by atoms with van der Waals surface area (Å²) < 4.78 is 20.5. The Morgan fingerprint density at radius 2 is 2.12 bits per heavy atom. The second kappa shape index (κ2) is 7.36. The SMILES string of the molecule is CNc1cc(F)cc2c1Cc1nc(Oc3ccc(CN)nc3)nc(N3C[C@H](N)C4(CC4)C3)c1-2. The molecule has 0 bridgehead atoms. The van der Waals surface area contributed by atoms with E-state index in [1.165, 1.54) is 6.07 Å². The van der Waals surface area contributed by atoms with Gasteiger partial charge in [0.05, 0.1) is 17.6 Å². The zero-order valence-corrected chi connectivity index (χ0v) is 18.4. The van der Waals surface area contributed by atoms with Crippen molar-refractivity contribution in [2.24, 2.45) is 16.9 Å². The molecule has 3 aliphatic rings. The van der Waals surface area contributed by atoms with Gasteiger partial charge in [-0.3, -0.25) is 4.98 Å². The quantitative estimate of drug-likeness (QED) is 0.428. The first-order chi connectivity index (χ1) is 16.0. The largest absolute Gasteiger partial charge is 0.423 e. The lowest BCUT2D eigenvalue weighted by Crippen LogP contribution is -2.30. The highest BCUT2D eigenvalue weighted by molar-refractivity contribution is 5.88. The fraction of sp³-hybridized carbons (Fsp3) is 0.375. The van der Waals surface area contributed by atoms with E-state index in [0.29, 0.717) is 25.3 Å². The molecule has 1 saturated carbocycles. The van der Waals surface area contributed by atoms with Crippen LogP contribution in [0, 0.1) is 11.2 Å². The molecule has 3 aromatic rings. The number of pyridine rings is 1. The highest BCUT2D eigenvalue weighted by Crippen LogP contribution is 2.54. The third-order valence-electron chi connectivity index (χ3n) is 7.16. The van der Waals surface area contributed by atoms with E-state index in [1.54, 1.807) is 25.4 Å². The van der Waals surface area contributed by atoms with Crippen molar-refractivity contribution in [3.8, 4) is 22.9 Å². The summed E-state index contributed by atoms with van der Waals surface area (Å²) in [5, 5.41) is 3.12. The van der Waals surface area contributed by atoms with Crippen LogP contribution in [-0.2, 0) is 13.0 Å². The van der Waals surface area contributed by atoms with Crippen molar-refractivity contribution in [2.45, 2.75) is 31.8 Å². The molecule has 6 rings (SSSR count). The Morgan fingerprint density at radius 3 is 2.79 bits per heavy atom. The lowest BCUT2D eigenvalue weighted by molar-refractivity contribution is 0.438. The molecule has 1 spiro atoms. The van der Waals surface area contributed by atoms with Crippen LogP contribution < -0.4 is 26.4 Å². The highest BCUT2D eigenvalue weighted by Gasteiger charge is 2.54. The molecule has 2 fully saturated rings. The molecule has 0 unspecified atom stereocenters. The maximum Gasteiger partial charge on any atom is 0.324 e. The minimum absolute atomic E-state index is 0.0988. The van der Waals surface area contributed by atoms with Gasteiger partial charge >= 0.3 is 6.01 Å². The van der Waals surface area contributed by atoms with Gasteiger partial charge in [0.2, 0.25) is 0 Å². The van der Waals surface area contributed by atoms with Gasteiger partial charge in [-0.25, -0.2) is 4.39 Å². The van der Waals surface area contributed by atoms with Gasteiger partial charge in [0.25, 0.3) is 0 Å². The number of nitrogens with zero attached hydrogens (tertiary/aromatic N) is 4. The molecule has 1 atom stereocenters. The Kier molecular flexibility index (Phi) is 4.53. The molecule has 0 amide bonds. The molecule has 1 aromatic carbocycles. The van der Waals surface area contributed by atoms with Crippen LogP contribution in [0.1, 0.15) is 29.8 Å². The van der Waals surface area contributed by atoms with Crippen LogP contribution in [-0.4, -0.2) is 41.1 Å². The van der Waals surface area contributed by atoms with E-state index < -0.39 is 0 Å². The summed E-state index contributed by atoms with van der Waals surface area (Å²) in [7, 11) is 1.80. The summed E-state index contributed by atoms with van der Waals surface area (Å²) in [5.74, 6) is 1.000. The standard InChI is InChI=1S/C24H26FN7O/c1-28-18-7-13(25)6-17-16(18)8-19-21(17)22(32-11-20(27)24(12-32)4-5-24)31-23(30-19)33-15-3-2-14(9-26)29-10-15/h2-3,6-7,10,20,28H,4-5,8-9,11-12,26-27H2,1H3/t20-/m0/s1.